The maximum Gasteiger partial charge on any atom is 0.451 e. The highest BCUT2D eigenvalue weighted by molar-refractivity contribution is 6.01. The molecule has 0 radical (unpaired) electrons. The van der Waals surface area contributed by atoms with E-state index in [-0.39, 0.29) is 17.8 Å². The van der Waals surface area contributed by atoms with Gasteiger partial charge in [-0.1, -0.05) is 0 Å². The summed E-state index contributed by atoms with van der Waals surface area (Å²) in [6, 6.07) is 0. The zero-order chi connectivity index (χ0) is 14.2. The molecular weight excluding hydrogens is 267 g/mol. The maximum absolute atomic E-state index is 12.6. The van der Waals surface area contributed by atoms with Crippen LogP contribution in [0.4, 0.5) is 13.2 Å². The van der Waals surface area contributed by atoms with Gasteiger partial charge in [-0.3, -0.25) is 4.79 Å². The van der Waals surface area contributed by atoms with E-state index in [2.05, 4.69) is 15.0 Å². The lowest BCUT2D eigenvalue weighted by molar-refractivity contribution is -0.144. The van der Waals surface area contributed by atoms with Crippen molar-refractivity contribution in [1.29, 1.82) is 0 Å². The standard InChI is InChI=1S/C9H8F3N5O2/c1-2-19-17-3-14-5-4(6(13)18)15-8(9(10,11)12)16-7(5)17/h3H,2H2,1H3,(H2,13,18). The number of carbonyl (C=O) groups excluding carboxylic acids is 1. The minimum atomic E-state index is -4.81. The second-order valence-electron chi connectivity index (χ2n) is 3.42. The van der Waals surface area contributed by atoms with Gasteiger partial charge in [-0.2, -0.15) is 17.9 Å². The van der Waals surface area contributed by atoms with Crippen molar-refractivity contribution in [2.24, 2.45) is 5.73 Å². The molecule has 0 fully saturated rings. The van der Waals surface area contributed by atoms with Crippen LogP contribution in [-0.2, 0) is 6.18 Å². The van der Waals surface area contributed by atoms with Gasteiger partial charge in [-0.15, -0.1) is 0 Å². The first-order valence-corrected chi connectivity index (χ1v) is 5.10. The number of hydrogen-bond acceptors (Lipinski definition) is 5. The molecule has 2 rings (SSSR count). The van der Waals surface area contributed by atoms with Crippen molar-refractivity contribution in [2.75, 3.05) is 6.61 Å². The first kappa shape index (κ1) is 13.1. The summed E-state index contributed by atoms with van der Waals surface area (Å²) in [5.41, 5.74) is 3.98. The number of fused-ring (bicyclic) bond motifs is 1. The molecule has 0 atom stereocenters. The molecule has 2 aromatic heterocycles. The number of hydrogen-bond donors (Lipinski definition) is 1. The Kier molecular flexibility index (Phi) is 3.00. The normalized spacial score (nSPS) is 11.8. The van der Waals surface area contributed by atoms with Crippen molar-refractivity contribution in [1.82, 2.24) is 19.7 Å². The fourth-order valence-corrected chi connectivity index (χ4v) is 1.41. The van der Waals surface area contributed by atoms with Crippen LogP contribution in [0.5, 0.6) is 0 Å². The van der Waals surface area contributed by atoms with E-state index >= 15 is 0 Å². The lowest BCUT2D eigenvalue weighted by Crippen LogP contribution is -2.20. The molecule has 0 saturated heterocycles. The molecule has 1 amide bonds. The Morgan fingerprint density at radius 1 is 1.47 bits per heavy atom. The van der Waals surface area contributed by atoms with Crippen LogP contribution >= 0.6 is 0 Å². The molecule has 0 aliphatic carbocycles. The van der Waals surface area contributed by atoms with Crippen LogP contribution < -0.4 is 10.6 Å². The van der Waals surface area contributed by atoms with E-state index in [1.54, 1.807) is 6.92 Å². The predicted molar refractivity (Wildman–Crippen MR) is 56.0 cm³/mol. The van der Waals surface area contributed by atoms with E-state index in [1.807, 2.05) is 0 Å². The minimum Gasteiger partial charge on any atom is -0.411 e. The quantitative estimate of drug-likeness (QED) is 0.874. The molecule has 102 valence electrons. The number of rotatable bonds is 3. The summed E-state index contributed by atoms with van der Waals surface area (Å²) in [7, 11) is 0. The lowest BCUT2D eigenvalue weighted by Gasteiger charge is -2.08. The van der Waals surface area contributed by atoms with Crippen molar-refractivity contribution in [3.05, 3.63) is 17.8 Å². The first-order chi connectivity index (χ1) is 8.84. The Hall–Kier alpha value is -2.39. The fourth-order valence-electron chi connectivity index (χ4n) is 1.41. The van der Waals surface area contributed by atoms with E-state index in [9.17, 15) is 18.0 Å². The van der Waals surface area contributed by atoms with Gasteiger partial charge in [0, 0.05) is 0 Å². The van der Waals surface area contributed by atoms with Crippen LogP contribution in [0.1, 0.15) is 23.2 Å². The number of carbonyl (C=O) groups is 1. The van der Waals surface area contributed by atoms with E-state index in [0.717, 1.165) is 11.1 Å². The van der Waals surface area contributed by atoms with Gasteiger partial charge in [0.2, 0.25) is 5.82 Å². The molecule has 2 N–H and O–H groups in total. The molecule has 7 nitrogen and oxygen atoms in total. The zero-order valence-corrected chi connectivity index (χ0v) is 9.60. The van der Waals surface area contributed by atoms with Crippen LogP contribution in [0.2, 0.25) is 0 Å². The monoisotopic (exact) mass is 275 g/mol. The molecule has 0 bridgehead atoms. The molecule has 0 saturated carbocycles. The fraction of sp³-hybridized carbons (Fsp3) is 0.333. The average molecular weight is 275 g/mol. The third-order valence-corrected chi connectivity index (χ3v) is 2.12. The third kappa shape index (κ3) is 2.28. The maximum atomic E-state index is 12.6. The summed E-state index contributed by atoms with van der Waals surface area (Å²) in [6.45, 7) is 1.81. The van der Waals surface area contributed by atoms with Crippen molar-refractivity contribution in [2.45, 2.75) is 13.1 Å². The van der Waals surface area contributed by atoms with Crippen molar-refractivity contribution < 1.29 is 22.8 Å². The molecule has 2 aromatic rings. The van der Waals surface area contributed by atoms with E-state index in [4.69, 9.17) is 10.6 Å². The Morgan fingerprint density at radius 2 is 2.16 bits per heavy atom. The van der Waals surface area contributed by atoms with Crippen LogP contribution in [-0.4, -0.2) is 32.2 Å². The van der Waals surface area contributed by atoms with Crippen molar-refractivity contribution in [3.8, 4) is 0 Å². The number of nitrogens with two attached hydrogens (primary N) is 1. The summed E-state index contributed by atoms with van der Waals surface area (Å²) in [5, 5.41) is 0. The molecule has 2 heterocycles. The van der Waals surface area contributed by atoms with Crippen LogP contribution in [0, 0.1) is 0 Å². The van der Waals surface area contributed by atoms with Gasteiger partial charge < -0.3 is 10.6 Å². The van der Waals surface area contributed by atoms with Gasteiger partial charge >= 0.3 is 6.18 Å². The van der Waals surface area contributed by atoms with Gasteiger partial charge in [0.25, 0.3) is 5.91 Å². The van der Waals surface area contributed by atoms with Crippen molar-refractivity contribution in [3.63, 3.8) is 0 Å². The molecule has 0 unspecified atom stereocenters. The number of primary amides is 1. The van der Waals surface area contributed by atoms with E-state index < -0.39 is 23.6 Å². The zero-order valence-electron chi connectivity index (χ0n) is 9.60. The molecule has 0 aliphatic rings. The summed E-state index contributed by atoms with van der Waals surface area (Å²) >= 11 is 0. The number of amides is 1. The SMILES string of the molecule is CCOn1cnc2c(C(N)=O)nc(C(F)(F)F)nc21. The Morgan fingerprint density at radius 3 is 2.68 bits per heavy atom. The van der Waals surface area contributed by atoms with Crippen LogP contribution in [0.25, 0.3) is 11.2 Å². The van der Waals surface area contributed by atoms with Crippen LogP contribution in [0.15, 0.2) is 6.33 Å². The number of imidazole rings is 1. The molecular formula is C9H8F3N5O2. The van der Waals surface area contributed by atoms with Gasteiger partial charge in [0.05, 0.1) is 0 Å². The number of nitrogens with zero attached hydrogens (tertiary/aromatic N) is 4. The smallest absolute Gasteiger partial charge is 0.411 e. The lowest BCUT2D eigenvalue weighted by atomic mass is 10.3. The first-order valence-electron chi connectivity index (χ1n) is 5.10. The Bertz CT molecular complexity index is 637. The van der Waals surface area contributed by atoms with Gasteiger partial charge in [0.15, 0.2) is 11.3 Å². The molecule has 10 heteroatoms. The largest absolute Gasteiger partial charge is 0.451 e. The van der Waals surface area contributed by atoms with Gasteiger partial charge in [-0.05, 0) is 6.92 Å². The number of halogens is 3. The summed E-state index contributed by atoms with van der Waals surface area (Å²) in [4.78, 5) is 26.3. The second kappa shape index (κ2) is 4.37. The number of aromatic nitrogens is 4. The average Bonchev–Trinajstić information content (AvgIpc) is 2.70. The predicted octanol–water partition coefficient (Wildman–Crippen LogP) is 0.393. The summed E-state index contributed by atoms with van der Waals surface area (Å²) < 4.78 is 38.8. The van der Waals surface area contributed by atoms with Gasteiger partial charge in [-0.25, -0.2) is 15.0 Å². The second-order valence-corrected chi connectivity index (χ2v) is 3.42. The van der Waals surface area contributed by atoms with Crippen LogP contribution in [0.3, 0.4) is 0 Å². The minimum absolute atomic E-state index is 0.144. The molecule has 0 aromatic carbocycles. The third-order valence-electron chi connectivity index (χ3n) is 2.12. The summed E-state index contributed by atoms with van der Waals surface area (Å²) in [6.07, 6.45) is -3.71. The molecule has 19 heavy (non-hydrogen) atoms. The number of alkyl halides is 3. The van der Waals surface area contributed by atoms with Crippen molar-refractivity contribution >= 4 is 17.1 Å². The highest BCUT2D eigenvalue weighted by Crippen LogP contribution is 2.28. The highest BCUT2D eigenvalue weighted by Gasteiger charge is 2.37. The Balaban J connectivity index is 2.75. The Labute approximate surface area is 104 Å². The van der Waals surface area contributed by atoms with E-state index in [0.29, 0.717) is 0 Å². The molecule has 0 aliphatic heterocycles. The summed E-state index contributed by atoms with van der Waals surface area (Å²) in [5.74, 6) is -2.60. The van der Waals surface area contributed by atoms with E-state index in [1.165, 1.54) is 0 Å². The topological polar surface area (TPSA) is 95.9 Å². The highest BCUT2D eigenvalue weighted by atomic mass is 19.4. The van der Waals surface area contributed by atoms with Gasteiger partial charge in [0.1, 0.15) is 18.5 Å². The molecule has 0 spiro atoms.